The van der Waals surface area contributed by atoms with E-state index < -0.39 is 10.0 Å². The Kier molecular flexibility index (Phi) is 6.62. The smallest absolute Gasteiger partial charge is 0.229 e. The zero-order chi connectivity index (χ0) is 19.6. The average molecular weight is 434 g/mol. The highest BCUT2D eigenvalue weighted by atomic mass is 35.5. The molecule has 0 unspecified atom stereocenters. The molecule has 8 heteroatoms. The zero-order valence-corrected chi connectivity index (χ0v) is 17.7. The molecule has 29 heavy (non-hydrogen) atoms. The molecule has 1 aliphatic rings. The van der Waals surface area contributed by atoms with Crippen molar-refractivity contribution in [2.75, 3.05) is 24.1 Å². The van der Waals surface area contributed by atoms with Gasteiger partial charge in [0, 0.05) is 29.0 Å². The highest BCUT2D eigenvalue weighted by Crippen LogP contribution is 2.38. The molecule has 0 amide bonds. The maximum absolute atomic E-state index is 11.5. The van der Waals surface area contributed by atoms with Gasteiger partial charge in [0.25, 0.3) is 0 Å². The molecule has 1 fully saturated rings. The SMILES string of the molecule is CS(=O)(=O)Nc1ccc(-c2c(OC3CCNCC3)ccc3cnccc23)cc1.Cl. The molecule has 2 aromatic carbocycles. The molecule has 0 radical (unpaired) electrons. The predicted octanol–water partition coefficient (Wildman–Crippen LogP) is 3.83. The van der Waals surface area contributed by atoms with Crippen LogP contribution in [-0.4, -0.2) is 38.9 Å². The Morgan fingerprint density at radius 1 is 1.07 bits per heavy atom. The number of sulfonamides is 1. The minimum absolute atomic E-state index is 0. The number of nitrogens with zero attached hydrogens (tertiary/aromatic N) is 1. The second-order valence-electron chi connectivity index (χ2n) is 7.05. The van der Waals surface area contributed by atoms with E-state index in [2.05, 4.69) is 15.0 Å². The van der Waals surface area contributed by atoms with Crippen molar-refractivity contribution in [1.29, 1.82) is 0 Å². The number of piperidine rings is 1. The van der Waals surface area contributed by atoms with E-state index in [-0.39, 0.29) is 18.5 Å². The fourth-order valence-corrected chi connectivity index (χ4v) is 4.12. The van der Waals surface area contributed by atoms with Gasteiger partial charge in [-0.15, -0.1) is 12.4 Å². The Morgan fingerprint density at radius 3 is 2.48 bits per heavy atom. The van der Waals surface area contributed by atoms with E-state index >= 15 is 0 Å². The first kappa shape index (κ1) is 21.4. The van der Waals surface area contributed by atoms with Gasteiger partial charge in [-0.3, -0.25) is 9.71 Å². The quantitative estimate of drug-likeness (QED) is 0.639. The van der Waals surface area contributed by atoms with E-state index in [1.165, 1.54) is 0 Å². The lowest BCUT2D eigenvalue weighted by molar-refractivity contribution is 0.163. The van der Waals surface area contributed by atoms with E-state index in [9.17, 15) is 8.42 Å². The highest BCUT2D eigenvalue weighted by Gasteiger charge is 2.18. The topological polar surface area (TPSA) is 80.3 Å². The lowest BCUT2D eigenvalue weighted by atomic mass is 9.97. The molecular weight excluding hydrogens is 410 g/mol. The largest absolute Gasteiger partial charge is 0.490 e. The van der Waals surface area contributed by atoms with Crippen LogP contribution in [0.2, 0.25) is 0 Å². The molecule has 1 saturated heterocycles. The number of halogens is 1. The fourth-order valence-electron chi connectivity index (χ4n) is 3.56. The lowest BCUT2D eigenvalue weighted by Gasteiger charge is -2.25. The minimum atomic E-state index is -3.31. The summed E-state index contributed by atoms with van der Waals surface area (Å²) in [7, 11) is -3.31. The molecule has 1 aliphatic heterocycles. The zero-order valence-electron chi connectivity index (χ0n) is 16.1. The van der Waals surface area contributed by atoms with Crippen molar-refractivity contribution in [3.8, 4) is 16.9 Å². The number of aromatic nitrogens is 1. The molecule has 0 spiro atoms. The second kappa shape index (κ2) is 8.98. The Labute approximate surface area is 177 Å². The van der Waals surface area contributed by atoms with Crippen LogP contribution in [0.3, 0.4) is 0 Å². The number of pyridine rings is 1. The van der Waals surface area contributed by atoms with Gasteiger partial charge in [-0.1, -0.05) is 12.1 Å². The van der Waals surface area contributed by atoms with Crippen LogP contribution in [0, 0.1) is 0 Å². The van der Waals surface area contributed by atoms with Crippen LogP contribution in [-0.2, 0) is 10.0 Å². The van der Waals surface area contributed by atoms with E-state index in [1.54, 1.807) is 18.3 Å². The molecule has 3 aromatic rings. The van der Waals surface area contributed by atoms with Crippen LogP contribution in [0.5, 0.6) is 5.75 Å². The van der Waals surface area contributed by atoms with Crippen molar-refractivity contribution >= 4 is 38.9 Å². The van der Waals surface area contributed by atoms with Crippen LogP contribution >= 0.6 is 12.4 Å². The Balaban J connectivity index is 0.00000240. The third kappa shape index (κ3) is 5.18. The van der Waals surface area contributed by atoms with Crippen molar-refractivity contribution in [1.82, 2.24) is 10.3 Å². The maximum atomic E-state index is 11.5. The highest BCUT2D eigenvalue weighted by molar-refractivity contribution is 7.92. The van der Waals surface area contributed by atoms with Gasteiger partial charge < -0.3 is 10.1 Å². The molecule has 4 rings (SSSR count). The monoisotopic (exact) mass is 433 g/mol. The van der Waals surface area contributed by atoms with Gasteiger partial charge in [0.2, 0.25) is 10.0 Å². The van der Waals surface area contributed by atoms with Crippen molar-refractivity contribution in [3.63, 3.8) is 0 Å². The van der Waals surface area contributed by atoms with Crippen LogP contribution in [0.15, 0.2) is 54.9 Å². The molecule has 2 heterocycles. The first-order valence-corrected chi connectivity index (χ1v) is 11.2. The Hall–Kier alpha value is -2.35. The van der Waals surface area contributed by atoms with E-state index in [0.29, 0.717) is 5.69 Å². The third-order valence-corrected chi connectivity index (χ3v) is 5.45. The summed E-state index contributed by atoms with van der Waals surface area (Å²) >= 11 is 0. The van der Waals surface area contributed by atoms with Crippen LogP contribution < -0.4 is 14.8 Å². The number of rotatable bonds is 5. The van der Waals surface area contributed by atoms with Crippen molar-refractivity contribution in [2.45, 2.75) is 18.9 Å². The number of benzene rings is 2. The average Bonchev–Trinajstić information content (AvgIpc) is 2.68. The lowest BCUT2D eigenvalue weighted by Crippen LogP contribution is -2.34. The number of fused-ring (bicyclic) bond motifs is 1. The maximum Gasteiger partial charge on any atom is 0.229 e. The predicted molar refractivity (Wildman–Crippen MR) is 119 cm³/mol. The summed E-state index contributed by atoms with van der Waals surface area (Å²) in [5.74, 6) is 0.842. The third-order valence-electron chi connectivity index (χ3n) is 4.84. The first-order chi connectivity index (χ1) is 13.5. The summed E-state index contributed by atoms with van der Waals surface area (Å²) in [4.78, 5) is 4.22. The molecule has 6 nitrogen and oxygen atoms in total. The number of nitrogens with one attached hydrogen (secondary N) is 2. The van der Waals surface area contributed by atoms with Crippen LogP contribution in [0.1, 0.15) is 12.8 Å². The van der Waals surface area contributed by atoms with Gasteiger partial charge in [0.1, 0.15) is 11.9 Å². The van der Waals surface area contributed by atoms with Gasteiger partial charge in [-0.25, -0.2) is 8.42 Å². The summed E-state index contributed by atoms with van der Waals surface area (Å²) < 4.78 is 31.8. The van der Waals surface area contributed by atoms with Crippen LogP contribution in [0.4, 0.5) is 5.69 Å². The Morgan fingerprint density at radius 2 is 1.79 bits per heavy atom. The van der Waals surface area contributed by atoms with Crippen LogP contribution in [0.25, 0.3) is 21.9 Å². The molecule has 0 saturated carbocycles. The molecule has 1 aromatic heterocycles. The van der Waals surface area contributed by atoms with Gasteiger partial charge in [0.05, 0.1) is 6.26 Å². The van der Waals surface area contributed by atoms with Crippen molar-refractivity contribution < 1.29 is 13.2 Å². The summed E-state index contributed by atoms with van der Waals surface area (Å²) in [6, 6.07) is 13.4. The molecule has 0 bridgehead atoms. The number of anilines is 1. The van der Waals surface area contributed by atoms with E-state index in [4.69, 9.17) is 4.74 Å². The fraction of sp³-hybridized carbons (Fsp3) is 0.286. The molecule has 0 aliphatic carbocycles. The molecule has 0 atom stereocenters. The van der Waals surface area contributed by atoms with Gasteiger partial charge in [0.15, 0.2) is 0 Å². The number of hydrogen-bond acceptors (Lipinski definition) is 5. The molecule has 2 N–H and O–H groups in total. The standard InChI is InChI=1S/C21H23N3O3S.ClH/c1-28(25,26)24-17-5-2-15(3-6-17)21-19-10-13-23-14-16(19)4-7-20(21)27-18-8-11-22-12-9-18;/h2-7,10,13-14,18,22,24H,8-9,11-12H2,1H3;1H. The summed E-state index contributed by atoms with van der Waals surface area (Å²) in [6.07, 6.45) is 6.90. The van der Waals surface area contributed by atoms with E-state index in [1.807, 2.05) is 36.5 Å². The van der Waals surface area contributed by atoms with Gasteiger partial charge in [-0.2, -0.15) is 0 Å². The summed E-state index contributed by atoms with van der Waals surface area (Å²) in [5.41, 5.74) is 2.51. The Bertz CT molecular complexity index is 1080. The summed E-state index contributed by atoms with van der Waals surface area (Å²) in [6.45, 7) is 1.92. The first-order valence-electron chi connectivity index (χ1n) is 9.32. The molecular formula is C21H24ClN3O3S. The van der Waals surface area contributed by atoms with Crippen molar-refractivity contribution in [3.05, 3.63) is 54.9 Å². The minimum Gasteiger partial charge on any atom is -0.490 e. The molecule has 154 valence electrons. The number of hydrogen-bond donors (Lipinski definition) is 2. The van der Waals surface area contributed by atoms with Crippen molar-refractivity contribution in [2.24, 2.45) is 0 Å². The summed E-state index contributed by atoms with van der Waals surface area (Å²) in [5, 5.41) is 5.45. The number of ether oxygens (including phenoxy) is 1. The van der Waals surface area contributed by atoms with Gasteiger partial charge in [-0.05, 0) is 67.2 Å². The normalized spacial score (nSPS) is 14.9. The second-order valence-corrected chi connectivity index (χ2v) is 8.80. The van der Waals surface area contributed by atoms with E-state index in [0.717, 1.165) is 59.8 Å². The van der Waals surface area contributed by atoms with Gasteiger partial charge >= 0.3 is 0 Å².